The molecule has 1 aliphatic rings. The Morgan fingerprint density at radius 1 is 1.32 bits per heavy atom. The van der Waals surface area contributed by atoms with Crippen molar-refractivity contribution in [1.82, 2.24) is 15.1 Å². The van der Waals surface area contributed by atoms with E-state index in [1.54, 1.807) is 6.07 Å². The van der Waals surface area contributed by atoms with Crippen molar-refractivity contribution >= 4 is 16.9 Å². The maximum Gasteiger partial charge on any atom is 0.263 e. The van der Waals surface area contributed by atoms with Gasteiger partial charge in [0.05, 0.1) is 18.3 Å². The van der Waals surface area contributed by atoms with Gasteiger partial charge in [-0.05, 0) is 25.1 Å². The van der Waals surface area contributed by atoms with Crippen LogP contribution in [-0.2, 0) is 0 Å². The number of aromatic nitrogens is 3. The number of benzene rings is 1. The van der Waals surface area contributed by atoms with Gasteiger partial charge in [-0.1, -0.05) is 5.16 Å². The standard InChI is InChI=1S/C15H13FN4O2/c1-8-13-14(17-7-18-15(13)22-20-8)19-11-4-5-21-12-3-2-9(16)6-10(11)12/h2-3,6-7,11H,4-5H2,1H3,(H,17,18,19)/t11-/m1/s1. The summed E-state index contributed by atoms with van der Waals surface area (Å²) in [5.74, 6) is 1.04. The van der Waals surface area contributed by atoms with Crippen LogP contribution < -0.4 is 10.1 Å². The van der Waals surface area contributed by atoms with Crippen LogP contribution in [0.1, 0.15) is 23.7 Å². The van der Waals surface area contributed by atoms with Crippen molar-refractivity contribution in [2.75, 3.05) is 11.9 Å². The number of aryl methyl sites for hydroxylation is 1. The molecule has 0 fully saturated rings. The second kappa shape index (κ2) is 4.94. The lowest BCUT2D eigenvalue weighted by atomic mass is 10.0. The Labute approximate surface area is 125 Å². The Hall–Kier alpha value is -2.70. The third-order valence-corrected chi connectivity index (χ3v) is 3.77. The molecule has 4 rings (SSSR count). The number of ether oxygens (including phenoxy) is 1. The molecule has 0 saturated heterocycles. The first-order chi connectivity index (χ1) is 10.7. The van der Waals surface area contributed by atoms with Gasteiger partial charge in [0.15, 0.2) is 0 Å². The highest BCUT2D eigenvalue weighted by Crippen LogP contribution is 2.35. The second-order valence-electron chi connectivity index (χ2n) is 5.19. The Morgan fingerprint density at radius 3 is 3.14 bits per heavy atom. The number of rotatable bonds is 2. The molecule has 0 radical (unpaired) electrons. The minimum Gasteiger partial charge on any atom is -0.493 e. The smallest absolute Gasteiger partial charge is 0.263 e. The molecule has 1 N–H and O–H groups in total. The minimum absolute atomic E-state index is 0.0909. The van der Waals surface area contributed by atoms with Crippen LogP contribution in [0.2, 0.25) is 0 Å². The molecule has 0 amide bonds. The van der Waals surface area contributed by atoms with Gasteiger partial charge in [0, 0.05) is 12.0 Å². The van der Waals surface area contributed by atoms with E-state index in [1.165, 1.54) is 18.5 Å². The highest BCUT2D eigenvalue weighted by atomic mass is 19.1. The first-order valence-electron chi connectivity index (χ1n) is 6.98. The monoisotopic (exact) mass is 300 g/mol. The van der Waals surface area contributed by atoms with Crippen molar-refractivity contribution in [3.05, 3.63) is 41.6 Å². The van der Waals surface area contributed by atoms with Gasteiger partial charge in [0.2, 0.25) is 0 Å². The maximum atomic E-state index is 13.5. The average molecular weight is 300 g/mol. The summed E-state index contributed by atoms with van der Waals surface area (Å²) >= 11 is 0. The molecule has 0 unspecified atom stereocenters. The van der Waals surface area contributed by atoms with E-state index in [2.05, 4.69) is 20.4 Å². The van der Waals surface area contributed by atoms with E-state index >= 15 is 0 Å². The number of halogens is 1. The Kier molecular flexibility index (Phi) is 2.92. The summed E-state index contributed by atoms with van der Waals surface area (Å²) in [5.41, 5.74) is 1.93. The molecule has 3 heterocycles. The summed E-state index contributed by atoms with van der Waals surface area (Å²) in [5, 5.41) is 7.98. The van der Waals surface area contributed by atoms with Crippen molar-refractivity contribution in [2.24, 2.45) is 0 Å². The lowest BCUT2D eigenvalue weighted by Crippen LogP contribution is -2.21. The highest BCUT2D eigenvalue weighted by Gasteiger charge is 2.24. The molecule has 0 bridgehead atoms. The van der Waals surface area contributed by atoms with Gasteiger partial charge < -0.3 is 14.6 Å². The fraction of sp³-hybridized carbons (Fsp3) is 0.267. The van der Waals surface area contributed by atoms with Crippen molar-refractivity contribution < 1.29 is 13.7 Å². The van der Waals surface area contributed by atoms with E-state index < -0.39 is 0 Å². The van der Waals surface area contributed by atoms with Crippen LogP contribution in [0.25, 0.3) is 11.1 Å². The van der Waals surface area contributed by atoms with Gasteiger partial charge >= 0.3 is 0 Å². The number of nitrogens with one attached hydrogen (secondary N) is 1. The third kappa shape index (κ3) is 2.05. The molecule has 2 aromatic heterocycles. The summed E-state index contributed by atoms with van der Waals surface area (Å²) in [6, 6.07) is 4.45. The Bertz CT molecular complexity index is 849. The third-order valence-electron chi connectivity index (χ3n) is 3.77. The van der Waals surface area contributed by atoms with Crippen LogP contribution in [0.4, 0.5) is 10.2 Å². The first kappa shape index (κ1) is 13.0. The van der Waals surface area contributed by atoms with Crippen LogP contribution in [0, 0.1) is 12.7 Å². The minimum atomic E-state index is -0.287. The van der Waals surface area contributed by atoms with E-state index in [0.29, 0.717) is 36.0 Å². The molecule has 0 spiro atoms. The largest absolute Gasteiger partial charge is 0.493 e. The average Bonchev–Trinajstić information content (AvgIpc) is 2.90. The molecule has 112 valence electrons. The molecule has 1 aliphatic heterocycles. The van der Waals surface area contributed by atoms with Crippen LogP contribution >= 0.6 is 0 Å². The molecule has 22 heavy (non-hydrogen) atoms. The summed E-state index contributed by atoms with van der Waals surface area (Å²) in [4.78, 5) is 8.32. The van der Waals surface area contributed by atoms with Gasteiger partial charge in [0.25, 0.3) is 5.71 Å². The predicted octanol–water partition coefficient (Wildman–Crippen LogP) is 3.00. The molecular formula is C15H13FN4O2. The lowest BCUT2D eigenvalue weighted by Gasteiger charge is -2.27. The predicted molar refractivity (Wildman–Crippen MR) is 77.2 cm³/mol. The number of hydrogen-bond acceptors (Lipinski definition) is 6. The van der Waals surface area contributed by atoms with E-state index in [-0.39, 0.29) is 11.9 Å². The van der Waals surface area contributed by atoms with Crippen LogP contribution in [-0.4, -0.2) is 21.7 Å². The number of fused-ring (bicyclic) bond motifs is 2. The van der Waals surface area contributed by atoms with Crippen LogP contribution in [0.5, 0.6) is 5.75 Å². The fourth-order valence-electron chi connectivity index (χ4n) is 2.71. The highest BCUT2D eigenvalue weighted by molar-refractivity contribution is 5.87. The number of nitrogens with zero attached hydrogens (tertiary/aromatic N) is 3. The fourth-order valence-corrected chi connectivity index (χ4v) is 2.71. The van der Waals surface area contributed by atoms with E-state index in [0.717, 1.165) is 10.9 Å². The van der Waals surface area contributed by atoms with Gasteiger partial charge in [0.1, 0.15) is 29.1 Å². The van der Waals surface area contributed by atoms with E-state index in [9.17, 15) is 4.39 Å². The summed E-state index contributed by atoms with van der Waals surface area (Å²) in [7, 11) is 0. The molecule has 7 heteroatoms. The summed E-state index contributed by atoms with van der Waals surface area (Å²) in [6.45, 7) is 2.39. The zero-order chi connectivity index (χ0) is 15.1. The molecule has 3 aromatic rings. The van der Waals surface area contributed by atoms with E-state index in [1.807, 2.05) is 6.92 Å². The van der Waals surface area contributed by atoms with Gasteiger partial charge in [-0.2, -0.15) is 4.98 Å². The molecular weight excluding hydrogens is 287 g/mol. The Morgan fingerprint density at radius 2 is 2.23 bits per heavy atom. The van der Waals surface area contributed by atoms with Crippen LogP contribution in [0.3, 0.4) is 0 Å². The lowest BCUT2D eigenvalue weighted by molar-refractivity contribution is 0.273. The van der Waals surface area contributed by atoms with Crippen molar-refractivity contribution in [1.29, 1.82) is 0 Å². The summed E-state index contributed by atoms with van der Waals surface area (Å²) in [6.07, 6.45) is 2.13. The van der Waals surface area contributed by atoms with E-state index in [4.69, 9.17) is 9.26 Å². The molecule has 1 aromatic carbocycles. The van der Waals surface area contributed by atoms with Crippen molar-refractivity contribution in [3.8, 4) is 5.75 Å². The van der Waals surface area contributed by atoms with Gasteiger partial charge in [-0.25, -0.2) is 9.37 Å². The first-order valence-corrected chi connectivity index (χ1v) is 6.98. The van der Waals surface area contributed by atoms with Crippen molar-refractivity contribution in [2.45, 2.75) is 19.4 Å². The Balaban J connectivity index is 1.75. The molecule has 0 saturated carbocycles. The molecule has 0 aliphatic carbocycles. The van der Waals surface area contributed by atoms with Gasteiger partial charge in [-0.15, -0.1) is 0 Å². The summed E-state index contributed by atoms with van der Waals surface area (Å²) < 4.78 is 24.3. The van der Waals surface area contributed by atoms with Crippen LogP contribution in [0.15, 0.2) is 29.0 Å². The normalized spacial score (nSPS) is 17.1. The second-order valence-corrected chi connectivity index (χ2v) is 5.19. The SMILES string of the molecule is Cc1noc2ncnc(N[C@@H]3CCOc4ccc(F)cc43)c12. The molecule has 1 atom stereocenters. The number of hydrogen-bond donors (Lipinski definition) is 1. The van der Waals surface area contributed by atoms with Gasteiger partial charge in [-0.3, -0.25) is 0 Å². The quantitative estimate of drug-likeness (QED) is 0.784. The molecule has 6 nitrogen and oxygen atoms in total. The zero-order valence-corrected chi connectivity index (χ0v) is 11.8. The topological polar surface area (TPSA) is 73.1 Å². The maximum absolute atomic E-state index is 13.5. The zero-order valence-electron chi connectivity index (χ0n) is 11.8. The van der Waals surface area contributed by atoms with Crippen molar-refractivity contribution in [3.63, 3.8) is 0 Å². The number of anilines is 1.